The van der Waals surface area contributed by atoms with Crippen LogP contribution < -0.4 is 10.6 Å². The van der Waals surface area contributed by atoms with E-state index in [0.717, 1.165) is 0 Å². The molecule has 1 aromatic rings. The Hall–Kier alpha value is -1.61. The number of aromatic nitrogens is 3. The number of hydrogen-bond acceptors (Lipinski definition) is 6. The minimum Gasteiger partial charge on any atom is -0.357 e. The van der Waals surface area contributed by atoms with Crippen molar-refractivity contribution in [2.45, 2.75) is 13.8 Å². The first-order valence-electron chi connectivity index (χ1n) is 4.71. The van der Waals surface area contributed by atoms with Crippen molar-refractivity contribution in [2.75, 3.05) is 24.2 Å². The van der Waals surface area contributed by atoms with Gasteiger partial charge in [-0.25, -0.2) is 0 Å². The second-order valence-electron chi connectivity index (χ2n) is 3.85. The van der Waals surface area contributed by atoms with Gasteiger partial charge in [0.1, 0.15) is 0 Å². The molecule has 6 nitrogen and oxygen atoms in total. The van der Waals surface area contributed by atoms with Gasteiger partial charge in [-0.05, 0) is 25.4 Å². The average molecular weight is 241 g/mol. The average Bonchev–Trinajstić information content (AvgIpc) is 2.26. The number of anilines is 2. The van der Waals surface area contributed by atoms with E-state index in [1.54, 1.807) is 7.05 Å². The highest BCUT2D eigenvalue weighted by Crippen LogP contribution is 2.15. The van der Waals surface area contributed by atoms with E-state index >= 15 is 0 Å². The van der Waals surface area contributed by atoms with Gasteiger partial charge in [0.2, 0.25) is 17.2 Å². The number of rotatable bonds is 4. The third-order valence-electron chi connectivity index (χ3n) is 1.82. The molecule has 0 amide bonds. The fraction of sp³-hybridized carbons (Fsp3) is 0.556. The molecule has 0 aliphatic rings. The summed E-state index contributed by atoms with van der Waals surface area (Å²) in [5, 5.41) is 14.7. The zero-order valence-corrected chi connectivity index (χ0v) is 10.1. The Kier molecular flexibility index (Phi) is 3.85. The lowest BCUT2D eigenvalue weighted by Gasteiger charge is -2.15. The molecule has 0 aliphatic heterocycles. The normalized spacial score (nSPS) is 10.7. The molecule has 7 heteroatoms. The smallest absolute Gasteiger partial charge is 0.228 e. The maximum absolute atomic E-state index is 8.85. The third-order valence-corrected chi connectivity index (χ3v) is 1.99. The van der Waals surface area contributed by atoms with Gasteiger partial charge in [0, 0.05) is 13.6 Å². The first kappa shape index (κ1) is 12.5. The number of nitriles is 1. The summed E-state index contributed by atoms with van der Waals surface area (Å²) in [6.07, 6.45) is 0. The van der Waals surface area contributed by atoms with Crippen molar-refractivity contribution in [1.82, 2.24) is 15.0 Å². The lowest BCUT2D eigenvalue weighted by atomic mass is 9.96. The topological polar surface area (TPSA) is 86.5 Å². The number of hydrogen-bond donors (Lipinski definition) is 2. The zero-order valence-electron chi connectivity index (χ0n) is 9.37. The molecule has 86 valence electrons. The lowest BCUT2D eigenvalue weighted by molar-refractivity contribution is 0.527. The van der Waals surface area contributed by atoms with E-state index in [2.05, 4.69) is 31.7 Å². The molecule has 1 aromatic heterocycles. The molecule has 0 saturated heterocycles. The molecule has 2 N–H and O–H groups in total. The maximum Gasteiger partial charge on any atom is 0.228 e. The number of nitrogens with zero attached hydrogens (tertiary/aromatic N) is 4. The first-order chi connectivity index (χ1) is 7.46. The molecule has 0 unspecified atom stereocenters. The molecule has 1 rings (SSSR count). The molecule has 16 heavy (non-hydrogen) atoms. The van der Waals surface area contributed by atoms with Crippen LogP contribution >= 0.6 is 11.6 Å². The molecule has 0 atom stereocenters. The molecule has 0 saturated carbocycles. The fourth-order valence-corrected chi connectivity index (χ4v) is 1.04. The molecular weight excluding hydrogens is 228 g/mol. The molecular formula is C9H13ClN6. The van der Waals surface area contributed by atoms with Gasteiger partial charge in [0.25, 0.3) is 0 Å². The van der Waals surface area contributed by atoms with Gasteiger partial charge in [-0.15, -0.1) is 0 Å². The van der Waals surface area contributed by atoms with Crippen molar-refractivity contribution in [3.8, 4) is 6.07 Å². The van der Waals surface area contributed by atoms with Crippen LogP contribution in [0.5, 0.6) is 0 Å². The van der Waals surface area contributed by atoms with Crippen molar-refractivity contribution >= 4 is 23.5 Å². The van der Waals surface area contributed by atoms with Crippen molar-refractivity contribution in [3.63, 3.8) is 0 Å². The van der Waals surface area contributed by atoms with Gasteiger partial charge in [-0.3, -0.25) is 0 Å². The van der Waals surface area contributed by atoms with E-state index in [0.29, 0.717) is 18.4 Å². The highest BCUT2D eigenvalue weighted by molar-refractivity contribution is 6.28. The van der Waals surface area contributed by atoms with Crippen LogP contribution in [-0.4, -0.2) is 28.5 Å². The van der Waals surface area contributed by atoms with Crippen LogP contribution in [0, 0.1) is 16.7 Å². The Labute approximate surface area is 99.1 Å². The van der Waals surface area contributed by atoms with Crippen LogP contribution in [0.3, 0.4) is 0 Å². The number of halogens is 1. The van der Waals surface area contributed by atoms with Crippen LogP contribution in [-0.2, 0) is 0 Å². The Morgan fingerprint density at radius 2 is 1.94 bits per heavy atom. The van der Waals surface area contributed by atoms with Crippen LogP contribution in [0.1, 0.15) is 13.8 Å². The highest BCUT2D eigenvalue weighted by Gasteiger charge is 2.17. The van der Waals surface area contributed by atoms with Crippen molar-refractivity contribution < 1.29 is 0 Å². The van der Waals surface area contributed by atoms with E-state index in [1.807, 2.05) is 13.8 Å². The number of nitrogens with one attached hydrogen (secondary N) is 2. The van der Waals surface area contributed by atoms with Gasteiger partial charge in [-0.2, -0.15) is 20.2 Å². The lowest BCUT2D eigenvalue weighted by Crippen LogP contribution is -2.22. The van der Waals surface area contributed by atoms with Gasteiger partial charge in [0.15, 0.2) is 0 Å². The Morgan fingerprint density at radius 1 is 1.31 bits per heavy atom. The monoisotopic (exact) mass is 240 g/mol. The predicted molar refractivity (Wildman–Crippen MR) is 62.3 cm³/mol. The predicted octanol–water partition coefficient (Wildman–Crippen LogP) is 1.53. The summed E-state index contributed by atoms with van der Waals surface area (Å²) >= 11 is 5.71. The minimum absolute atomic E-state index is 0.108. The van der Waals surface area contributed by atoms with Gasteiger partial charge >= 0.3 is 0 Å². The van der Waals surface area contributed by atoms with Crippen molar-refractivity contribution in [2.24, 2.45) is 5.41 Å². The Bertz CT molecular complexity index is 411. The summed E-state index contributed by atoms with van der Waals surface area (Å²) in [6.45, 7) is 4.08. The minimum atomic E-state index is -0.487. The van der Waals surface area contributed by atoms with Gasteiger partial charge < -0.3 is 10.6 Å². The first-order valence-corrected chi connectivity index (χ1v) is 5.09. The summed E-state index contributed by atoms with van der Waals surface area (Å²) in [5.41, 5.74) is -0.487. The van der Waals surface area contributed by atoms with E-state index in [4.69, 9.17) is 16.9 Å². The Balaban J connectivity index is 2.75. The van der Waals surface area contributed by atoms with E-state index in [1.165, 1.54) is 0 Å². The van der Waals surface area contributed by atoms with E-state index in [-0.39, 0.29) is 5.28 Å². The summed E-state index contributed by atoms with van der Waals surface area (Å²) < 4.78 is 0. The molecule has 1 heterocycles. The summed E-state index contributed by atoms with van der Waals surface area (Å²) in [7, 11) is 1.69. The van der Waals surface area contributed by atoms with Gasteiger partial charge in [-0.1, -0.05) is 0 Å². The zero-order chi connectivity index (χ0) is 12.2. The molecule has 0 spiro atoms. The van der Waals surface area contributed by atoms with Crippen molar-refractivity contribution in [1.29, 1.82) is 5.26 Å². The molecule has 0 fully saturated rings. The molecule has 0 aromatic carbocycles. The van der Waals surface area contributed by atoms with Crippen LogP contribution in [0.15, 0.2) is 0 Å². The van der Waals surface area contributed by atoms with E-state index < -0.39 is 5.41 Å². The molecule has 0 aliphatic carbocycles. The summed E-state index contributed by atoms with van der Waals surface area (Å²) in [4.78, 5) is 11.8. The quantitative estimate of drug-likeness (QED) is 0.830. The summed E-state index contributed by atoms with van der Waals surface area (Å²) in [6, 6.07) is 2.17. The summed E-state index contributed by atoms with van der Waals surface area (Å²) in [5.74, 6) is 0.741. The van der Waals surface area contributed by atoms with Crippen LogP contribution in [0.2, 0.25) is 5.28 Å². The highest BCUT2D eigenvalue weighted by atomic mass is 35.5. The molecule has 0 bridgehead atoms. The van der Waals surface area contributed by atoms with Crippen molar-refractivity contribution in [3.05, 3.63) is 5.28 Å². The SMILES string of the molecule is CNc1nc(Cl)nc(NCC(C)(C)C#N)n1. The second-order valence-corrected chi connectivity index (χ2v) is 4.19. The fourth-order valence-electron chi connectivity index (χ4n) is 0.881. The second kappa shape index (κ2) is 4.94. The maximum atomic E-state index is 8.85. The Morgan fingerprint density at radius 3 is 2.50 bits per heavy atom. The van der Waals surface area contributed by atoms with E-state index in [9.17, 15) is 0 Å². The standard InChI is InChI=1S/C9H13ClN6/c1-9(2,4-11)5-13-8-15-6(10)14-7(12-3)16-8/h5H2,1-3H3,(H2,12,13,14,15,16). The third kappa shape index (κ3) is 3.51. The largest absolute Gasteiger partial charge is 0.357 e. The van der Waals surface area contributed by atoms with Crippen LogP contribution in [0.4, 0.5) is 11.9 Å². The van der Waals surface area contributed by atoms with Crippen LogP contribution in [0.25, 0.3) is 0 Å². The van der Waals surface area contributed by atoms with Gasteiger partial charge in [0.05, 0.1) is 11.5 Å². The molecule has 0 radical (unpaired) electrons.